The van der Waals surface area contributed by atoms with E-state index in [-0.39, 0.29) is 17.9 Å². The minimum absolute atomic E-state index is 0.0670. The molecular formula is C23H21N3O2. The molecule has 2 atom stereocenters. The number of hydrogen-bond acceptors (Lipinski definition) is 3. The Morgan fingerprint density at radius 3 is 2.43 bits per heavy atom. The van der Waals surface area contributed by atoms with Crippen LogP contribution in [0.15, 0.2) is 79.1 Å². The van der Waals surface area contributed by atoms with Gasteiger partial charge in [-0.1, -0.05) is 48.5 Å². The van der Waals surface area contributed by atoms with Gasteiger partial charge in [-0.3, -0.25) is 14.6 Å². The molecule has 0 saturated heterocycles. The average molecular weight is 371 g/mol. The van der Waals surface area contributed by atoms with E-state index in [1.165, 1.54) is 0 Å². The second kappa shape index (κ2) is 7.64. The zero-order chi connectivity index (χ0) is 19.5. The van der Waals surface area contributed by atoms with Gasteiger partial charge in [0.15, 0.2) is 0 Å². The van der Waals surface area contributed by atoms with Gasteiger partial charge in [-0.05, 0) is 34.9 Å². The molecule has 0 radical (unpaired) electrons. The van der Waals surface area contributed by atoms with E-state index >= 15 is 0 Å². The summed E-state index contributed by atoms with van der Waals surface area (Å²) in [6, 6.07) is 20.5. The van der Waals surface area contributed by atoms with Gasteiger partial charge in [-0.2, -0.15) is 0 Å². The van der Waals surface area contributed by atoms with Crippen LogP contribution in [0, 0.1) is 0 Å². The summed E-state index contributed by atoms with van der Waals surface area (Å²) in [7, 11) is 1.76. The van der Waals surface area contributed by atoms with Gasteiger partial charge in [0, 0.05) is 31.5 Å². The van der Waals surface area contributed by atoms with Crippen molar-refractivity contribution in [2.24, 2.45) is 0 Å². The zero-order valence-corrected chi connectivity index (χ0v) is 15.6. The van der Waals surface area contributed by atoms with Crippen molar-refractivity contribution in [3.63, 3.8) is 0 Å². The van der Waals surface area contributed by atoms with Gasteiger partial charge in [0.2, 0.25) is 5.91 Å². The summed E-state index contributed by atoms with van der Waals surface area (Å²) in [6.07, 6.45) is 3.41. The van der Waals surface area contributed by atoms with Crippen LogP contribution in [0.5, 0.6) is 0 Å². The third kappa shape index (κ3) is 3.27. The molecule has 1 aliphatic rings. The molecule has 0 bridgehead atoms. The molecule has 0 saturated carbocycles. The van der Waals surface area contributed by atoms with Gasteiger partial charge in [-0.15, -0.1) is 0 Å². The first kappa shape index (κ1) is 17.9. The van der Waals surface area contributed by atoms with Crippen LogP contribution in [0.4, 0.5) is 0 Å². The standard InChI is InChI=1S/C23H21N3O2/c1-26-21(17-7-3-2-4-8-17)20(18-9-5-6-10-19(18)23(26)28)22(27)25-15-16-11-13-24-14-12-16/h2-14,20-21H,15H2,1H3,(H,25,27)/t20-,21-/m1/s1. The SMILES string of the molecule is CN1C(=O)c2ccccc2[C@@H](C(=O)NCc2ccncc2)[C@H]1c1ccccc1. The first-order valence-electron chi connectivity index (χ1n) is 9.24. The highest BCUT2D eigenvalue weighted by Gasteiger charge is 2.42. The van der Waals surface area contributed by atoms with E-state index in [4.69, 9.17) is 0 Å². The lowest BCUT2D eigenvalue weighted by atomic mass is 9.79. The van der Waals surface area contributed by atoms with E-state index in [2.05, 4.69) is 10.3 Å². The van der Waals surface area contributed by atoms with Crippen LogP contribution in [0.2, 0.25) is 0 Å². The maximum atomic E-state index is 13.3. The van der Waals surface area contributed by atoms with Crippen LogP contribution < -0.4 is 5.32 Å². The number of fused-ring (bicyclic) bond motifs is 1. The Hall–Kier alpha value is -3.47. The van der Waals surface area contributed by atoms with Crippen LogP contribution >= 0.6 is 0 Å². The van der Waals surface area contributed by atoms with E-state index < -0.39 is 5.92 Å². The van der Waals surface area contributed by atoms with Crippen LogP contribution in [0.3, 0.4) is 0 Å². The number of rotatable bonds is 4. The quantitative estimate of drug-likeness (QED) is 0.765. The highest BCUT2D eigenvalue weighted by Crippen LogP contribution is 2.41. The van der Waals surface area contributed by atoms with Crippen molar-refractivity contribution < 1.29 is 9.59 Å². The van der Waals surface area contributed by atoms with E-state index in [9.17, 15) is 9.59 Å². The van der Waals surface area contributed by atoms with Crippen LogP contribution in [-0.4, -0.2) is 28.7 Å². The molecule has 0 aliphatic carbocycles. The maximum Gasteiger partial charge on any atom is 0.254 e. The first-order chi connectivity index (χ1) is 13.7. The maximum absolute atomic E-state index is 13.3. The molecule has 1 aromatic heterocycles. The molecule has 0 unspecified atom stereocenters. The number of amides is 2. The lowest BCUT2D eigenvalue weighted by Crippen LogP contribution is -2.45. The monoisotopic (exact) mass is 371 g/mol. The number of benzene rings is 2. The minimum atomic E-state index is -0.483. The molecular weight excluding hydrogens is 350 g/mol. The van der Waals surface area contributed by atoms with E-state index in [0.29, 0.717) is 12.1 Å². The summed E-state index contributed by atoms with van der Waals surface area (Å²) in [5.41, 5.74) is 3.28. The van der Waals surface area contributed by atoms with Gasteiger partial charge in [0.25, 0.3) is 5.91 Å². The molecule has 28 heavy (non-hydrogen) atoms. The largest absolute Gasteiger partial charge is 0.351 e. The van der Waals surface area contributed by atoms with Crippen LogP contribution in [0.25, 0.3) is 0 Å². The van der Waals surface area contributed by atoms with E-state index in [1.807, 2.05) is 60.7 Å². The Morgan fingerprint density at radius 2 is 1.68 bits per heavy atom. The average Bonchev–Trinajstić information content (AvgIpc) is 2.75. The van der Waals surface area contributed by atoms with Crippen molar-refractivity contribution in [2.75, 3.05) is 7.05 Å². The number of likely N-dealkylation sites (N-methyl/N-ethyl adjacent to an activating group) is 1. The molecule has 5 heteroatoms. The number of hydrogen-bond donors (Lipinski definition) is 1. The number of carbonyl (C=O) groups excluding carboxylic acids is 2. The molecule has 3 aromatic rings. The lowest BCUT2D eigenvalue weighted by Gasteiger charge is -2.39. The number of aromatic nitrogens is 1. The fraction of sp³-hybridized carbons (Fsp3) is 0.174. The topological polar surface area (TPSA) is 62.3 Å². The molecule has 2 heterocycles. The van der Waals surface area contributed by atoms with Crippen molar-refractivity contribution in [1.82, 2.24) is 15.2 Å². The Morgan fingerprint density at radius 1 is 1.00 bits per heavy atom. The molecule has 1 aliphatic heterocycles. The van der Waals surface area contributed by atoms with Gasteiger partial charge >= 0.3 is 0 Å². The second-order valence-electron chi connectivity index (χ2n) is 6.91. The summed E-state index contributed by atoms with van der Waals surface area (Å²) in [5, 5.41) is 3.04. The van der Waals surface area contributed by atoms with Crippen molar-refractivity contribution in [3.05, 3.63) is 101 Å². The Bertz CT molecular complexity index is 989. The van der Waals surface area contributed by atoms with Gasteiger partial charge in [0.05, 0.1) is 12.0 Å². The second-order valence-corrected chi connectivity index (χ2v) is 6.91. The summed E-state index contributed by atoms with van der Waals surface area (Å²) in [6.45, 7) is 0.416. The van der Waals surface area contributed by atoms with Crippen molar-refractivity contribution in [1.29, 1.82) is 0 Å². The zero-order valence-electron chi connectivity index (χ0n) is 15.6. The van der Waals surface area contributed by atoms with Crippen molar-refractivity contribution >= 4 is 11.8 Å². The summed E-state index contributed by atoms with van der Waals surface area (Å²) in [4.78, 5) is 31.9. The predicted molar refractivity (Wildman–Crippen MR) is 107 cm³/mol. The molecule has 2 aromatic carbocycles. The fourth-order valence-electron chi connectivity index (χ4n) is 3.82. The fourth-order valence-corrected chi connectivity index (χ4v) is 3.82. The minimum Gasteiger partial charge on any atom is -0.351 e. The summed E-state index contributed by atoms with van der Waals surface area (Å²) >= 11 is 0. The Labute approximate surface area is 164 Å². The smallest absolute Gasteiger partial charge is 0.254 e. The number of nitrogens with one attached hydrogen (secondary N) is 1. The van der Waals surface area contributed by atoms with E-state index in [0.717, 1.165) is 16.7 Å². The van der Waals surface area contributed by atoms with E-state index in [1.54, 1.807) is 30.4 Å². The summed E-state index contributed by atoms with van der Waals surface area (Å²) < 4.78 is 0. The molecule has 140 valence electrons. The Kier molecular flexibility index (Phi) is 4.89. The molecule has 5 nitrogen and oxygen atoms in total. The predicted octanol–water partition coefficient (Wildman–Crippen LogP) is 3.31. The number of carbonyl (C=O) groups is 2. The molecule has 0 fully saturated rings. The van der Waals surface area contributed by atoms with Crippen LogP contribution in [-0.2, 0) is 11.3 Å². The first-order valence-corrected chi connectivity index (χ1v) is 9.24. The molecule has 2 amide bonds. The van der Waals surface area contributed by atoms with Gasteiger partial charge in [0.1, 0.15) is 0 Å². The third-order valence-electron chi connectivity index (χ3n) is 5.22. The van der Waals surface area contributed by atoms with Crippen molar-refractivity contribution in [2.45, 2.75) is 18.5 Å². The Balaban J connectivity index is 1.72. The van der Waals surface area contributed by atoms with Crippen molar-refractivity contribution in [3.8, 4) is 0 Å². The third-order valence-corrected chi connectivity index (χ3v) is 5.22. The van der Waals surface area contributed by atoms with Crippen LogP contribution in [0.1, 0.15) is 39.0 Å². The van der Waals surface area contributed by atoms with Gasteiger partial charge in [-0.25, -0.2) is 0 Å². The lowest BCUT2D eigenvalue weighted by molar-refractivity contribution is -0.124. The molecule has 0 spiro atoms. The summed E-state index contributed by atoms with van der Waals surface area (Å²) in [5.74, 6) is -0.650. The molecule has 1 N–H and O–H groups in total. The van der Waals surface area contributed by atoms with Gasteiger partial charge < -0.3 is 10.2 Å². The highest BCUT2D eigenvalue weighted by molar-refractivity contribution is 6.01. The normalized spacial score (nSPS) is 18.5. The molecule has 4 rings (SSSR count). The number of pyridine rings is 1. The highest BCUT2D eigenvalue weighted by atomic mass is 16.2. The number of nitrogens with zero attached hydrogens (tertiary/aromatic N) is 2.